The van der Waals surface area contributed by atoms with Gasteiger partial charge in [-0.05, 0) is 117 Å². The predicted octanol–water partition coefficient (Wildman–Crippen LogP) is 1.12. The summed E-state index contributed by atoms with van der Waals surface area (Å²) in [5.41, 5.74) is -1.92. The van der Waals surface area contributed by atoms with E-state index in [0.29, 0.717) is 44.9 Å². The topological polar surface area (TPSA) is 239 Å². The zero-order chi connectivity index (χ0) is 41.5. The first kappa shape index (κ1) is 44.7. The first-order valence-electron chi connectivity index (χ1n) is 21.0. The van der Waals surface area contributed by atoms with Crippen molar-refractivity contribution >= 4 is 0 Å². The van der Waals surface area contributed by atoms with Crippen LogP contribution in [-0.4, -0.2) is 150 Å². The predicted molar refractivity (Wildman–Crippen MR) is 202 cm³/mol. The van der Waals surface area contributed by atoms with Crippen molar-refractivity contribution in [2.45, 2.75) is 192 Å². The van der Waals surface area contributed by atoms with Crippen molar-refractivity contribution in [3.63, 3.8) is 0 Å². The zero-order valence-corrected chi connectivity index (χ0v) is 34.6. The molecule has 0 aromatic rings. The van der Waals surface area contributed by atoms with Gasteiger partial charge in [-0.15, -0.1) is 0 Å². The molecule has 0 amide bonds. The molecule has 6 fully saturated rings. The molecular weight excluding hydrogens is 728 g/mol. The average Bonchev–Trinajstić information content (AvgIpc) is 3.52. The van der Waals surface area contributed by atoms with E-state index >= 15 is 0 Å². The molecule has 6 rings (SSSR count). The van der Waals surface area contributed by atoms with Crippen LogP contribution in [0.25, 0.3) is 0 Å². The second kappa shape index (κ2) is 15.9. The van der Waals surface area contributed by atoms with Crippen LogP contribution in [0.15, 0.2) is 11.6 Å². The number of allylic oxidation sites excluding steroid dienone is 2. The molecule has 0 bridgehead atoms. The maximum absolute atomic E-state index is 12.6. The third kappa shape index (κ3) is 7.06. The minimum atomic E-state index is -1.61. The summed E-state index contributed by atoms with van der Waals surface area (Å²) in [6.07, 6.45) is -9.52. The van der Waals surface area contributed by atoms with Gasteiger partial charge in [-0.1, -0.05) is 46.3 Å². The van der Waals surface area contributed by atoms with Crippen LogP contribution >= 0.6 is 0 Å². The Morgan fingerprint density at radius 3 is 1.89 bits per heavy atom. The van der Waals surface area contributed by atoms with Crippen molar-refractivity contribution in [2.75, 3.05) is 13.2 Å². The fourth-order valence-electron chi connectivity index (χ4n) is 13.5. The van der Waals surface area contributed by atoms with Gasteiger partial charge in [0.15, 0.2) is 12.6 Å². The largest absolute Gasteiger partial charge is 0.394 e. The summed E-state index contributed by atoms with van der Waals surface area (Å²) in [6, 6.07) is 0. The number of fused-ring (bicyclic) bond motifs is 5. The molecule has 2 heterocycles. The van der Waals surface area contributed by atoms with Gasteiger partial charge < -0.3 is 70.0 Å². The lowest BCUT2D eigenvalue weighted by Gasteiger charge is -2.72. The van der Waals surface area contributed by atoms with Crippen LogP contribution in [0.3, 0.4) is 0 Å². The van der Waals surface area contributed by atoms with Crippen LogP contribution in [0.1, 0.15) is 107 Å². The summed E-state index contributed by atoms with van der Waals surface area (Å²) in [6.45, 7) is 15.7. The Balaban J connectivity index is 1.39. The molecule has 2 aliphatic heterocycles. The summed E-state index contributed by atoms with van der Waals surface area (Å²) in [7, 11) is 0. The molecule has 0 aromatic carbocycles. The highest BCUT2D eigenvalue weighted by Crippen LogP contribution is 2.76. The highest BCUT2D eigenvalue weighted by atomic mass is 16.7. The highest BCUT2D eigenvalue weighted by Gasteiger charge is 2.74. The molecule has 0 spiro atoms. The molecule has 4 aliphatic carbocycles. The van der Waals surface area contributed by atoms with Crippen molar-refractivity contribution in [1.82, 2.24) is 0 Å². The van der Waals surface area contributed by atoms with Crippen LogP contribution in [0, 0.1) is 45.3 Å². The average molecular weight is 801 g/mol. The van der Waals surface area contributed by atoms with Gasteiger partial charge >= 0.3 is 0 Å². The van der Waals surface area contributed by atoms with Crippen LogP contribution in [0.2, 0.25) is 0 Å². The van der Waals surface area contributed by atoms with Gasteiger partial charge in [0.05, 0.1) is 37.1 Å². The lowest BCUT2D eigenvalue weighted by atomic mass is 9.34. The Kier molecular flexibility index (Phi) is 12.7. The number of aliphatic hydroxyl groups excluding tert-OH is 10. The Labute approximate surface area is 331 Å². The quantitative estimate of drug-likeness (QED) is 0.110. The van der Waals surface area contributed by atoms with Crippen LogP contribution in [0.5, 0.6) is 0 Å². The smallest absolute Gasteiger partial charge is 0.187 e. The number of aliphatic hydroxyl groups is 10. The second-order valence-electron chi connectivity index (χ2n) is 20.2. The van der Waals surface area contributed by atoms with Gasteiger partial charge in [-0.2, -0.15) is 0 Å². The Morgan fingerprint density at radius 2 is 1.32 bits per heavy atom. The van der Waals surface area contributed by atoms with Crippen molar-refractivity contribution in [3.05, 3.63) is 11.6 Å². The number of hydrogen-bond acceptors (Lipinski definition) is 14. The Morgan fingerprint density at radius 1 is 0.750 bits per heavy atom. The standard InChI is InChI=1S/C42H72O14/c1-20(2)10-9-13-42(8,56-37-34(52)32(50)30(48)25(19-44)55-37)21-11-15-40(6)28(21)22(45)16-26-39(5)14-12-27(46)38(3,4)35(39)23(17-41(26,40)7)53-36-33(51)31(49)29(47)24(18-43)54-36/h10,21-37,43-52H,9,11-19H2,1-8H3/t21-,22-,23-,24-,25+,26-,27+,28+,29-,30+,31+,32-,33+,34+,35+,36-,37-,39+,40-,41+,42+/m1/s1. The maximum atomic E-state index is 12.6. The minimum Gasteiger partial charge on any atom is -0.394 e. The SMILES string of the molecule is CC(C)=CCC[C@](C)(O[C@H]1O[C@@H](CO)[C@H](O)[C@@H](O)[C@@H]1O)[C@@H]1CC[C@]2(C)[C@@H]1[C@H](O)C[C@@H]1[C@]3(C)CC[C@H](O)C(C)(C)[C@@H]3[C@H](O[C@@H]3O[C@H](CO)[C@@H](O)[C@H](O)[C@@H]3O)C[C@@]12C. The molecule has 0 radical (unpaired) electrons. The van der Waals surface area contributed by atoms with Gasteiger partial charge in [0.25, 0.3) is 0 Å². The molecule has 2 saturated heterocycles. The van der Waals surface area contributed by atoms with E-state index in [1.54, 1.807) is 0 Å². The van der Waals surface area contributed by atoms with Crippen molar-refractivity contribution in [3.8, 4) is 0 Å². The molecule has 6 aliphatic rings. The zero-order valence-electron chi connectivity index (χ0n) is 34.6. The molecule has 21 atom stereocenters. The number of hydrogen-bond donors (Lipinski definition) is 10. The first-order chi connectivity index (χ1) is 26.0. The van der Waals surface area contributed by atoms with E-state index in [2.05, 4.69) is 26.8 Å². The van der Waals surface area contributed by atoms with Crippen molar-refractivity contribution in [2.24, 2.45) is 45.3 Å². The number of ether oxygens (including phenoxy) is 4. The summed E-state index contributed by atoms with van der Waals surface area (Å²) in [4.78, 5) is 0. The molecule has 14 nitrogen and oxygen atoms in total. The highest BCUT2D eigenvalue weighted by molar-refractivity contribution is 5.22. The third-order valence-corrected chi connectivity index (χ3v) is 16.6. The minimum absolute atomic E-state index is 0.000258. The van der Waals surface area contributed by atoms with Gasteiger partial charge in [-0.3, -0.25) is 0 Å². The molecule has 0 aromatic heterocycles. The molecule has 14 heteroatoms. The lowest BCUT2D eigenvalue weighted by molar-refractivity contribution is -0.349. The van der Waals surface area contributed by atoms with E-state index in [9.17, 15) is 51.1 Å². The maximum Gasteiger partial charge on any atom is 0.187 e. The van der Waals surface area contributed by atoms with E-state index in [1.165, 1.54) is 0 Å². The van der Waals surface area contributed by atoms with Gasteiger partial charge in [0.2, 0.25) is 0 Å². The molecular formula is C42H72O14. The van der Waals surface area contributed by atoms with Crippen molar-refractivity contribution in [1.29, 1.82) is 0 Å². The molecule has 324 valence electrons. The van der Waals surface area contributed by atoms with Gasteiger partial charge in [0, 0.05) is 0 Å². The number of rotatable bonds is 10. The summed E-state index contributed by atoms with van der Waals surface area (Å²) < 4.78 is 25.4. The van der Waals surface area contributed by atoms with E-state index in [-0.39, 0.29) is 23.7 Å². The lowest BCUT2D eigenvalue weighted by Crippen LogP contribution is -2.71. The Bertz CT molecular complexity index is 1400. The summed E-state index contributed by atoms with van der Waals surface area (Å²) in [5, 5.41) is 109. The third-order valence-electron chi connectivity index (χ3n) is 16.6. The molecule has 10 N–H and O–H groups in total. The first-order valence-corrected chi connectivity index (χ1v) is 21.0. The Hall–Kier alpha value is -0.820. The van der Waals surface area contributed by atoms with E-state index in [0.717, 1.165) is 12.0 Å². The van der Waals surface area contributed by atoms with Gasteiger partial charge in [-0.25, -0.2) is 0 Å². The van der Waals surface area contributed by atoms with Crippen LogP contribution < -0.4 is 0 Å². The fourth-order valence-corrected chi connectivity index (χ4v) is 13.5. The van der Waals surface area contributed by atoms with E-state index in [1.807, 2.05) is 34.6 Å². The van der Waals surface area contributed by atoms with E-state index < -0.39 is 120 Å². The van der Waals surface area contributed by atoms with Gasteiger partial charge in [0.1, 0.15) is 48.8 Å². The van der Waals surface area contributed by atoms with E-state index in [4.69, 9.17) is 18.9 Å². The molecule has 4 saturated carbocycles. The normalized spacial score (nSPS) is 52.6. The van der Waals surface area contributed by atoms with Crippen molar-refractivity contribution < 1.29 is 70.0 Å². The van der Waals surface area contributed by atoms with Crippen LogP contribution in [-0.2, 0) is 18.9 Å². The molecule has 0 unspecified atom stereocenters. The monoisotopic (exact) mass is 800 g/mol. The molecule has 56 heavy (non-hydrogen) atoms. The second-order valence-corrected chi connectivity index (χ2v) is 20.2. The summed E-state index contributed by atoms with van der Waals surface area (Å²) in [5.74, 6) is -0.781. The van der Waals surface area contributed by atoms with Crippen LogP contribution in [0.4, 0.5) is 0 Å². The summed E-state index contributed by atoms with van der Waals surface area (Å²) >= 11 is 0. The fraction of sp³-hybridized carbons (Fsp3) is 0.952.